The normalized spacial score (nSPS) is 18.7. The number of rotatable bonds is 3. The molecule has 1 aliphatic heterocycles. The molecule has 0 aromatic heterocycles. The van der Waals surface area contributed by atoms with E-state index in [-0.39, 0.29) is 6.04 Å². The fourth-order valence-electron chi connectivity index (χ4n) is 2.25. The lowest BCUT2D eigenvalue weighted by Gasteiger charge is -2.05. The number of fused-ring (bicyclic) bond motifs is 1. The highest BCUT2D eigenvalue weighted by Crippen LogP contribution is 2.22. The minimum Gasteiger partial charge on any atom is -0.475 e. The molecule has 2 aromatic rings. The van der Waals surface area contributed by atoms with Crippen LogP contribution in [-0.4, -0.2) is 32.3 Å². The standard InChI is InChI=1S/C15H15NO2/c1-17-9-12-10-18-15(16-12)14-8-4-6-11-5-2-3-7-13(11)14/h2-8,12H,9-10H2,1H3/t12-/m1/s1. The maximum absolute atomic E-state index is 5.68. The zero-order chi connectivity index (χ0) is 12.4. The first kappa shape index (κ1) is 11.2. The quantitative estimate of drug-likeness (QED) is 0.827. The van der Waals surface area contributed by atoms with Crippen LogP contribution >= 0.6 is 0 Å². The number of aliphatic imine (C=N–C) groups is 1. The fourth-order valence-corrected chi connectivity index (χ4v) is 2.25. The number of ether oxygens (including phenoxy) is 2. The van der Waals surface area contributed by atoms with Crippen molar-refractivity contribution >= 4 is 16.7 Å². The Labute approximate surface area is 106 Å². The molecule has 0 radical (unpaired) electrons. The van der Waals surface area contributed by atoms with Crippen molar-refractivity contribution < 1.29 is 9.47 Å². The number of hydrogen-bond acceptors (Lipinski definition) is 3. The summed E-state index contributed by atoms with van der Waals surface area (Å²) in [6, 6.07) is 14.6. The second-order valence-electron chi connectivity index (χ2n) is 4.38. The van der Waals surface area contributed by atoms with Gasteiger partial charge in [-0.25, -0.2) is 4.99 Å². The SMILES string of the molecule is COC[C@@H]1COC(c2cccc3ccccc23)=N1. The minimum atomic E-state index is 0.115. The van der Waals surface area contributed by atoms with Gasteiger partial charge in [0.15, 0.2) is 0 Å². The van der Waals surface area contributed by atoms with E-state index in [2.05, 4.69) is 29.3 Å². The first-order chi connectivity index (χ1) is 8.88. The second-order valence-corrected chi connectivity index (χ2v) is 4.38. The Morgan fingerprint density at radius 2 is 2.06 bits per heavy atom. The van der Waals surface area contributed by atoms with E-state index in [0.29, 0.717) is 13.2 Å². The summed E-state index contributed by atoms with van der Waals surface area (Å²) in [4.78, 5) is 4.57. The van der Waals surface area contributed by atoms with Gasteiger partial charge in [0.05, 0.1) is 6.61 Å². The molecule has 0 saturated carbocycles. The zero-order valence-corrected chi connectivity index (χ0v) is 10.3. The summed E-state index contributed by atoms with van der Waals surface area (Å²) in [6.45, 7) is 1.21. The number of benzene rings is 2. The van der Waals surface area contributed by atoms with Gasteiger partial charge in [-0.05, 0) is 16.8 Å². The van der Waals surface area contributed by atoms with Gasteiger partial charge >= 0.3 is 0 Å². The Hall–Kier alpha value is -1.87. The van der Waals surface area contributed by atoms with Crippen molar-refractivity contribution in [1.82, 2.24) is 0 Å². The Balaban J connectivity index is 2.02. The van der Waals surface area contributed by atoms with Crippen molar-refractivity contribution in [2.24, 2.45) is 4.99 Å². The van der Waals surface area contributed by atoms with Crippen LogP contribution in [-0.2, 0) is 9.47 Å². The van der Waals surface area contributed by atoms with Crippen LogP contribution in [0.5, 0.6) is 0 Å². The molecule has 3 heteroatoms. The molecule has 18 heavy (non-hydrogen) atoms. The zero-order valence-electron chi connectivity index (χ0n) is 10.3. The van der Waals surface area contributed by atoms with Crippen molar-refractivity contribution in [2.75, 3.05) is 20.3 Å². The van der Waals surface area contributed by atoms with Gasteiger partial charge < -0.3 is 9.47 Å². The van der Waals surface area contributed by atoms with E-state index in [9.17, 15) is 0 Å². The topological polar surface area (TPSA) is 30.8 Å². The number of hydrogen-bond donors (Lipinski definition) is 0. The van der Waals surface area contributed by atoms with E-state index >= 15 is 0 Å². The van der Waals surface area contributed by atoms with Gasteiger partial charge in [0, 0.05) is 12.7 Å². The summed E-state index contributed by atoms with van der Waals surface area (Å²) in [7, 11) is 1.69. The van der Waals surface area contributed by atoms with Crippen LogP contribution in [0.3, 0.4) is 0 Å². The molecule has 0 fully saturated rings. The molecule has 0 N–H and O–H groups in total. The minimum absolute atomic E-state index is 0.115. The van der Waals surface area contributed by atoms with E-state index in [1.165, 1.54) is 10.8 Å². The van der Waals surface area contributed by atoms with E-state index in [0.717, 1.165) is 11.5 Å². The Kier molecular flexibility index (Phi) is 2.99. The smallest absolute Gasteiger partial charge is 0.217 e. The average Bonchev–Trinajstić information content (AvgIpc) is 2.87. The molecule has 0 amide bonds. The van der Waals surface area contributed by atoms with E-state index in [1.807, 2.05) is 18.2 Å². The Morgan fingerprint density at radius 3 is 2.94 bits per heavy atom. The van der Waals surface area contributed by atoms with Crippen LogP contribution in [0.2, 0.25) is 0 Å². The van der Waals surface area contributed by atoms with Gasteiger partial charge in [0.2, 0.25) is 5.90 Å². The molecule has 1 atom stereocenters. The van der Waals surface area contributed by atoms with Crippen LogP contribution in [0.4, 0.5) is 0 Å². The lowest BCUT2D eigenvalue weighted by molar-refractivity contribution is 0.165. The number of nitrogens with zero attached hydrogens (tertiary/aromatic N) is 1. The lowest BCUT2D eigenvalue weighted by Crippen LogP contribution is -2.12. The third-order valence-electron chi connectivity index (χ3n) is 3.09. The largest absolute Gasteiger partial charge is 0.475 e. The molecule has 1 aliphatic rings. The molecule has 2 aromatic carbocycles. The van der Waals surface area contributed by atoms with E-state index in [1.54, 1.807) is 7.11 Å². The monoisotopic (exact) mass is 241 g/mol. The van der Waals surface area contributed by atoms with Crippen LogP contribution < -0.4 is 0 Å². The van der Waals surface area contributed by atoms with Crippen LogP contribution in [0.15, 0.2) is 47.5 Å². The molecule has 0 unspecified atom stereocenters. The Bertz CT molecular complexity index is 587. The molecule has 1 heterocycles. The van der Waals surface area contributed by atoms with Gasteiger partial charge in [-0.1, -0.05) is 36.4 Å². The van der Waals surface area contributed by atoms with Gasteiger partial charge in [0.25, 0.3) is 0 Å². The molecule has 0 saturated heterocycles. The van der Waals surface area contributed by atoms with Gasteiger partial charge in [-0.15, -0.1) is 0 Å². The third kappa shape index (κ3) is 1.97. The summed E-state index contributed by atoms with van der Waals surface area (Å²) in [5.41, 5.74) is 1.06. The van der Waals surface area contributed by atoms with Crippen LogP contribution in [0.25, 0.3) is 10.8 Å². The van der Waals surface area contributed by atoms with Gasteiger partial charge in [-0.2, -0.15) is 0 Å². The van der Waals surface area contributed by atoms with Crippen LogP contribution in [0.1, 0.15) is 5.56 Å². The molecule has 0 aliphatic carbocycles. The molecule has 92 valence electrons. The maximum atomic E-state index is 5.68. The van der Waals surface area contributed by atoms with Crippen molar-refractivity contribution in [3.8, 4) is 0 Å². The molecule has 3 rings (SSSR count). The summed E-state index contributed by atoms with van der Waals surface area (Å²) in [6.07, 6.45) is 0. The first-order valence-corrected chi connectivity index (χ1v) is 6.06. The Morgan fingerprint density at radius 1 is 1.22 bits per heavy atom. The highest BCUT2D eigenvalue weighted by molar-refractivity contribution is 6.07. The van der Waals surface area contributed by atoms with Crippen LogP contribution in [0, 0.1) is 0 Å². The molecular weight excluding hydrogens is 226 g/mol. The predicted octanol–water partition coefficient (Wildman–Crippen LogP) is 2.63. The highest BCUT2D eigenvalue weighted by atomic mass is 16.5. The molecular formula is C15H15NO2. The first-order valence-electron chi connectivity index (χ1n) is 6.06. The maximum Gasteiger partial charge on any atom is 0.217 e. The summed E-state index contributed by atoms with van der Waals surface area (Å²) in [5.74, 6) is 0.730. The average molecular weight is 241 g/mol. The fraction of sp³-hybridized carbons (Fsp3) is 0.267. The second kappa shape index (κ2) is 4.78. The molecule has 3 nitrogen and oxygen atoms in total. The van der Waals surface area contributed by atoms with Crippen molar-refractivity contribution in [3.63, 3.8) is 0 Å². The summed E-state index contributed by atoms with van der Waals surface area (Å²) in [5, 5.41) is 2.38. The lowest BCUT2D eigenvalue weighted by atomic mass is 10.0. The van der Waals surface area contributed by atoms with Crippen molar-refractivity contribution in [3.05, 3.63) is 48.0 Å². The molecule has 0 bridgehead atoms. The van der Waals surface area contributed by atoms with Gasteiger partial charge in [0.1, 0.15) is 12.6 Å². The summed E-state index contributed by atoms with van der Waals surface area (Å²) >= 11 is 0. The number of methoxy groups -OCH3 is 1. The highest BCUT2D eigenvalue weighted by Gasteiger charge is 2.20. The molecule has 0 spiro atoms. The van der Waals surface area contributed by atoms with Crippen molar-refractivity contribution in [1.29, 1.82) is 0 Å². The van der Waals surface area contributed by atoms with Gasteiger partial charge in [-0.3, -0.25) is 0 Å². The predicted molar refractivity (Wildman–Crippen MR) is 72.1 cm³/mol. The third-order valence-corrected chi connectivity index (χ3v) is 3.09. The summed E-state index contributed by atoms with van der Waals surface area (Å²) < 4.78 is 10.8. The van der Waals surface area contributed by atoms with Crippen molar-refractivity contribution in [2.45, 2.75) is 6.04 Å². The van der Waals surface area contributed by atoms with E-state index in [4.69, 9.17) is 9.47 Å². The van der Waals surface area contributed by atoms with E-state index < -0.39 is 0 Å².